The van der Waals surface area contributed by atoms with Crippen LogP contribution < -0.4 is 15.9 Å². The number of hydrogen-bond donors (Lipinski definition) is 0. The van der Waals surface area contributed by atoms with E-state index in [0.717, 1.165) is 20.8 Å². The molecular weight excluding hydrogens is 467 g/mol. The molecule has 0 saturated carbocycles. The standard InChI is InChI=1S/C30H23N2OPS/c33-30(35-27-20-22-31-23-21-27)28-18-10-11-19-29(28)32-34(24-12-4-1-5-13-24,25-14-6-2-7-15-25)26-16-8-3-9-17-26/h1-23H. The predicted octanol–water partition coefficient (Wildman–Crippen LogP) is 6.82. The lowest BCUT2D eigenvalue weighted by molar-refractivity contribution is 0.108. The van der Waals surface area contributed by atoms with E-state index in [4.69, 9.17) is 4.74 Å². The number of carbonyl (C=O) groups is 1. The molecule has 0 unspecified atom stereocenters. The summed E-state index contributed by atoms with van der Waals surface area (Å²) in [5, 5.41) is 3.38. The van der Waals surface area contributed by atoms with Crippen LogP contribution in [0.1, 0.15) is 10.4 Å². The highest BCUT2D eigenvalue weighted by Crippen LogP contribution is 2.50. The zero-order chi connectivity index (χ0) is 23.9. The summed E-state index contributed by atoms with van der Waals surface area (Å²) in [4.78, 5) is 18.3. The van der Waals surface area contributed by atoms with Gasteiger partial charge in [0.1, 0.15) is 0 Å². The molecule has 1 aromatic heterocycles. The molecule has 5 aromatic rings. The van der Waals surface area contributed by atoms with Gasteiger partial charge in [0.15, 0.2) is 0 Å². The predicted molar refractivity (Wildman–Crippen MR) is 148 cm³/mol. The molecule has 0 amide bonds. The molecule has 1 heterocycles. The summed E-state index contributed by atoms with van der Waals surface area (Å²) in [6.07, 6.45) is 3.39. The minimum Gasteiger partial charge on any atom is -0.281 e. The number of thioether (sulfide) groups is 1. The van der Waals surface area contributed by atoms with E-state index < -0.39 is 7.05 Å². The second-order valence-corrected chi connectivity index (χ2v) is 11.9. The molecule has 0 atom stereocenters. The second kappa shape index (κ2) is 10.7. The smallest absolute Gasteiger partial charge is 0.226 e. The Morgan fingerprint density at radius 1 is 0.600 bits per heavy atom. The normalized spacial score (nSPS) is 11.1. The van der Waals surface area contributed by atoms with E-state index in [2.05, 4.69) is 77.8 Å². The lowest BCUT2D eigenvalue weighted by Gasteiger charge is -2.27. The van der Waals surface area contributed by atoms with Gasteiger partial charge in [0.05, 0.1) is 18.3 Å². The van der Waals surface area contributed by atoms with E-state index in [1.54, 1.807) is 12.4 Å². The van der Waals surface area contributed by atoms with Crippen LogP contribution >= 0.6 is 18.8 Å². The fourth-order valence-corrected chi connectivity index (χ4v) is 8.32. The Morgan fingerprint density at radius 3 is 1.57 bits per heavy atom. The van der Waals surface area contributed by atoms with Crippen LogP contribution in [0.4, 0.5) is 5.69 Å². The average Bonchev–Trinajstić information content (AvgIpc) is 2.94. The highest BCUT2D eigenvalue weighted by molar-refractivity contribution is 8.14. The van der Waals surface area contributed by atoms with E-state index >= 15 is 0 Å². The van der Waals surface area contributed by atoms with Crippen molar-refractivity contribution in [3.8, 4) is 0 Å². The summed E-state index contributed by atoms with van der Waals surface area (Å²) in [6, 6.07) is 42.6. The maximum Gasteiger partial charge on any atom is 0.226 e. The van der Waals surface area contributed by atoms with Gasteiger partial charge in [-0.05, 0) is 36.0 Å². The Bertz CT molecular complexity index is 1370. The van der Waals surface area contributed by atoms with Crippen molar-refractivity contribution in [3.63, 3.8) is 0 Å². The van der Waals surface area contributed by atoms with Crippen LogP contribution in [0.5, 0.6) is 0 Å². The molecule has 0 fully saturated rings. The van der Waals surface area contributed by atoms with Crippen LogP contribution in [0.25, 0.3) is 0 Å². The van der Waals surface area contributed by atoms with Crippen molar-refractivity contribution in [2.45, 2.75) is 4.90 Å². The minimum absolute atomic E-state index is 0.0390. The van der Waals surface area contributed by atoms with Crippen molar-refractivity contribution < 1.29 is 4.79 Å². The fourth-order valence-electron chi connectivity index (χ4n) is 4.01. The van der Waals surface area contributed by atoms with Gasteiger partial charge in [-0.15, -0.1) is 0 Å². The Hall–Kier alpha value is -3.72. The number of nitrogens with zero attached hydrogens (tertiary/aromatic N) is 2. The van der Waals surface area contributed by atoms with Crippen LogP contribution in [0.3, 0.4) is 0 Å². The monoisotopic (exact) mass is 490 g/mol. The summed E-state index contributed by atoms with van der Waals surface area (Å²) < 4.78 is 5.53. The maximum atomic E-state index is 13.4. The summed E-state index contributed by atoms with van der Waals surface area (Å²) >= 11 is 1.20. The third-order valence-corrected chi connectivity index (χ3v) is 10.2. The number of pyridine rings is 1. The summed E-state index contributed by atoms with van der Waals surface area (Å²) in [5.41, 5.74) is 1.30. The van der Waals surface area contributed by atoms with Crippen LogP contribution in [0.15, 0.2) is 149 Å². The van der Waals surface area contributed by atoms with Crippen molar-refractivity contribution in [1.29, 1.82) is 0 Å². The number of aromatic nitrogens is 1. The highest BCUT2D eigenvalue weighted by Gasteiger charge is 2.28. The molecule has 170 valence electrons. The van der Waals surface area contributed by atoms with E-state index in [1.807, 2.05) is 54.6 Å². The van der Waals surface area contributed by atoms with Gasteiger partial charge in [-0.2, -0.15) is 0 Å². The van der Waals surface area contributed by atoms with Gasteiger partial charge < -0.3 is 0 Å². The van der Waals surface area contributed by atoms with Gasteiger partial charge in [0, 0.05) is 33.2 Å². The van der Waals surface area contributed by atoms with Gasteiger partial charge in [-0.25, -0.2) is 0 Å². The first-order chi connectivity index (χ1) is 17.3. The Kier molecular flexibility index (Phi) is 7.04. The molecule has 35 heavy (non-hydrogen) atoms. The zero-order valence-electron chi connectivity index (χ0n) is 18.9. The van der Waals surface area contributed by atoms with Crippen molar-refractivity contribution in [3.05, 3.63) is 145 Å². The van der Waals surface area contributed by atoms with Crippen molar-refractivity contribution in [2.75, 3.05) is 0 Å². The first kappa shape index (κ1) is 23.0. The molecule has 3 nitrogen and oxygen atoms in total. The number of hydrogen-bond acceptors (Lipinski definition) is 4. The molecule has 0 aliphatic heterocycles. The molecule has 5 heteroatoms. The first-order valence-electron chi connectivity index (χ1n) is 11.3. The Labute approximate surface area is 210 Å². The van der Waals surface area contributed by atoms with Crippen molar-refractivity contribution >= 4 is 45.5 Å². The van der Waals surface area contributed by atoms with Gasteiger partial charge in [0.25, 0.3) is 0 Å². The topological polar surface area (TPSA) is 42.3 Å². The van der Waals surface area contributed by atoms with E-state index in [9.17, 15) is 4.79 Å². The number of carbonyl (C=O) groups excluding carboxylic acids is 1. The zero-order valence-corrected chi connectivity index (χ0v) is 20.6. The summed E-state index contributed by atoms with van der Waals surface area (Å²) in [7, 11) is -2.47. The molecule has 0 spiro atoms. The van der Waals surface area contributed by atoms with Gasteiger partial charge in [-0.3, -0.25) is 14.5 Å². The summed E-state index contributed by atoms with van der Waals surface area (Å²) in [6.45, 7) is 0. The fraction of sp³-hybridized carbons (Fsp3) is 0. The van der Waals surface area contributed by atoms with Crippen molar-refractivity contribution in [2.24, 2.45) is 4.74 Å². The maximum absolute atomic E-state index is 13.4. The minimum atomic E-state index is -2.47. The van der Waals surface area contributed by atoms with Crippen LogP contribution in [-0.2, 0) is 0 Å². The van der Waals surface area contributed by atoms with E-state index in [1.165, 1.54) is 11.8 Å². The van der Waals surface area contributed by atoms with Crippen LogP contribution in [-0.4, -0.2) is 10.1 Å². The molecule has 5 rings (SSSR count). The summed E-state index contributed by atoms with van der Waals surface area (Å²) in [5.74, 6) is 0. The lowest BCUT2D eigenvalue weighted by atomic mass is 10.2. The van der Waals surface area contributed by atoms with Gasteiger partial charge in [-0.1, -0.05) is 103 Å². The van der Waals surface area contributed by atoms with Crippen molar-refractivity contribution in [1.82, 2.24) is 4.98 Å². The second-order valence-electron chi connectivity index (χ2n) is 7.83. The van der Waals surface area contributed by atoms with Crippen LogP contribution in [0, 0.1) is 0 Å². The molecule has 0 N–H and O–H groups in total. The Morgan fingerprint density at radius 2 is 1.06 bits per heavy atom. The third kappa shape index (κ3) is 4.90. The van der Waals surface area contributed by atoms with Gasteiger partial charge in [0.2, 0.25) is 5.12 Å². The van der Waals surface area contributed by atoms with E-state index in [-0.39, 0.29) is 5.12 Å². The molecule has 0 radical (unpaired) electrons. The third-order valence-electron chi connectivity index (χ3n) is 5.63. The average molecular weight is 491 g/mol. The van der Waals surface area contributed by atoms with Gasteiger partial charge >= 0.3 is 0 Å². The first-order valence-corrected chi connectivity index (χ1v) is 13.8. The molecule has 0 bridgehead atoms. The quantitative estimate of drug-likeness (QED) is 0.194. The molecule has 0 aliphatic carbocycles. The lowest BCUT2D eigenvalue weighted by Crippen LogP contribution is -2.25. The Balaban J connectivity index is 1.77. The largest absolute Gasteiger partial charge is 0.281 e. The van der Waals surface area contributed by atoms with Crippen LogP contribution in [0.2, 0.25) is 0 Å². The molecule has 0 saturated heterocycles. The molecule has 0 aliphatic rings. The SMILES string of the molecule is O=C(Sc1ccncc1)c1ccccc1N=P(c1ccccc1)(c1ccccc1)c1ccccc1. The molecular formula is C30H23N2OPS. The van der Waals surface area contributed by atoms with E-state index in [0.29, 0.717) is 11.3 Å². The highest BCUT2D eigenvalue weighted by atomic mass is 32.2. The number of benzene rings is 4. The molecule has 4 aromatic carbocycles. The number of rotatable bonds is 6.